The van der Waals surface area contributed by atoms with Crippen molar-refractivity contribution in [1.29, 1.82) is 0 Å². The van der Waals surface area contributed by atoms with Gasteiger partial charge in [-0.2, -0.15) is 0 Å². The Kier molecular flexibility index (Phi) is 6.02. The number of rotatable bonds is 7. The molecule has 0 radical (unpaired) electrons. The van der Waals surface area contributed by atoms with Gasteiger partial charge < -0.3 is 4.74 Å². The standard InChI is InChI=1S/C21H18ClNO4S/c1-2-27-17-9-11-18(12-10-17)28(25,26)23-20-13-8-16(22)14-19(20)21(24)15-6-4-3-5-7-15/h3-14,23H,2H2,1H3. The van der Waals surface area contributed by atoms with Gasteiger partial charge in [0.25, 0.3) is 10.0 Å². The summed E-state index contributed by atoms with van der Waals surface area (Å²) in [4.78, 5) is 12.9. The van der Waals surface area contributed by atoms with Crippen LogP contribution in [0.4, 0.5) is 5.69 Å². The van der Waals surface area contributed by atoms with Crippen LogP contribution in [0.5, 0.6) is 5.75 Å². The van der Waals surface area contributed by atoms with E-state index in [1.54, 1.807) is 42.5 Å². The van der Waals surface area contributed by atoms with Crippen LogP contribution >= 0.6 is 11.6 Å². The average Bonchev–Trinajstić information content (AvgIpc) is 2.70. The van der Waals surface area contributed by atoms with Crippen molar-refractivity contribution in [1.82, 2.24) is 0 Å². The summed E-state index contributed by atoms with van der Waals surface area (Å²) in [5.41, 5.74) is 0.770. The third-order valence-corrected chi connectivity index (χ3v) is 5.57. The van der Waals surface area contributed by atoms with Gasteiger partial charge in [-0.15, -0.1) is 0 Å². The first-order chi connectivity index (χ1) is 13.4. The second kappa shape index (κ2) is 8.46. The molecule has 0 saturated carbocycles. The summed E-state index contributed by atoms with van der Waals surface area (Å²) in [6.45, 7) is 2.33. The number of sulfonamides is 1. The minimum Gasteiger partial charge on any atom is -0.494 e. The van der Waals surface area contributed by atoms with Crippen LogP contribution in [0.3, 0.4) is 0 Å². The predicted octanol–water partition coefficient (Wildman–Crippen LogP) is 4.77. The summed E-state index contributed by atoms with van der Waals surface area (Å²) in [5, 5.41) is 0.336. The van der Waals surface area contributed by atoms with E-state index in [9.17, 15) is 13.2 Å². The highest BCUT2D eigenvalue weighted by atomic mass is 35.5. The number of ether oxygens (including phenoxy) is 1. The summed E-state index contributed by atoms with van der Waals surface area (Å²) in [6.07, 6.45) is 0. The van der Waals surface area contributed by atoms with Crippen LogP contribution in [0.15, 0.2) is 77.7 Å². The number of halogens is 1. The Morgan fingerprint density at radius 1 is 1.00 bits per heavy atom. The zero-order valence-electron chi connectivity index (χ0n) is 15.1. The molecule has 0 aliphatic carbocycles. The van der Waals surface area contributed by atoms with Gasteiger partial charge in [0.2, 0.25) is 0 Å². The maximum absolute atomic E-state index is 12.8. The molecule has 0 fully saturated rings. The first-order valence-electron chi connectivity index (χ1n) is 8.55. The molecule has 0 aliphatic heterocycles. The van der Waals surface area contributed by atoms with Gasteiger partial charge in [-0.1, -0.05) is 41.9 Å². The van der Waals surface area contributed by atoms with E-state index in [1.165, 1.54) is 30.3 Å². The number of carbonyl (C=O) groups excluding carboxylic acids is 1. The van der Waals surface area contributed by atoms with Gasteiger partial charge in [-0.05, 0) is 49.4 Å². The Hall–Kier alpha value is -2.83. The van der Waals surface area contributed by atoms with Gasteiger partial charge in [0, 0.05) is 16.1 Å². The van der Waals surface area contributed by atoms with Gasteiger partial charge in [0.1, 0.15) is 5.75 Å². The fourth-order valence-electron chi connectivity index (χ4n) is 2.62. The van der Waals surface area contributed by atoms with E-state index < -0.39 is 10.0 Å². The predicted molar refractivity (Wildman–Crippen MR) is 110 cm³/mol. The van der Waals surface area contributed by atoms with E-state index in [0.29, 0.717) is 22.9 Å². The van der Waals surface area contributed by atoms with Crippen LogP contribution in [-0.2, 0) is 10.0 Å². The van der Waals surface area contributed by atoms with Gasteiger partial charge in [-0.3, -0.25) is 9.52 Å². The summed E-state index contributed by atoms with van der Waals surface area (Å²) >= 11 is 6.04. The number of hydrogen-bond acceptors (Lipinski definition) is 4. The molecule has 0 heterocycles. The molecule has 5 nitrogen and oxygen atoms in total. The second-order valence-corrected chi connectivity index (χ2v) is 8.01. The van der Waals surface area contributed by atoms with Crippen LogP contribution in [0.2, 0.25) is 5.02 Å². The van der Waals surface area contributed by atoms with E-state index in [1.807, 2.05) is 6.92 Å². The lowest BCUT2D eigenvalue weighted by Crippen LogP contribution is -2.16. The van der Waals surface area contributed by atoms with Gasteiger partial charge in [0.15, 0.2) is 5.78 Å². The van der Waals surface area contributed by atoms with Crippen LogP contribution in [0, 0.1) is 0 Å². The van der Waals surface area contributed by atoms with E-state index in [2.05, 4.69) is 4.72 Å². The normalized spacial score (nSPS) is 11.1. The first-order valence-corrected chi connectivity index (χ1v) is 10.4. The maximum Gasteiger partial charge on any atom is 0.261 e. The van der Waals surface area contributed by atoms with Crippen molar-refractivity contribution in [3.05, 3.63) is 88.9 Å². The number of anilines is 1. The molecule has 7 heteroatoms. The van der Waals surface area contributed by atoms with Crippen molar-refractivity contribution in [2.75, 3.05) is 11.3 Å². The quantitative estimate of drug-likeness (QED) is 0.564. The Bertz CT molecular complexity index is 1080. The molecule has 1 N–H and O–H groups in total. The van der Waals surface area contributed by atoms with E-state index in [4.69, 9.17) is 16.3 Å². The lowest BCUT2D eigenvalue weighted by atomic mass is 10.0. The fourth-order valence-corrected chi connectivity index (χ4v) is 3.88. The summed E-state index contributed by atoms with van der Waals surface area (Å²) in [7, 11) is -3.90. The van der Waals surface area contributed by atoms with Crippen molar-refractivity contribution in [3.8, 4) is 5.75 Å². The Balaban J connectivity index is 1.94. The Labute approximate surface area is 169 Å². The maximum atomic E-state index is 12.8. The molecule has 144 valence electrons. The molecule has 28 heavy (non-hydrogen) atoms. The average molecular weight is 416 g/mol. The Morgan fingerprint density at radius 3 is 2.32 bits per heavy atom. The molecule has 3 rings (SSSR count). The number of benzene rings is 3. The third kappa shape index (κ3) is 4.52. The largest absolute Gasteiger partial charge is 0.494 e. The second-order valence-electron chi connectivity index (χ2n) is 5.89. The van der Waals surface area contributed by atoms with E-state index >= 15 is 0 Å². The number of nitrogens with one attached hydrogen (secondary N) is 1. The summed E-state index contributed by atoms with van der Waals surface area (Å²) < 4.78 is 33.4. The highest BCUT2D eigenvalue weighted by Gasteiger charge is 2.20. The SMILES string of the molecule is CCOc1ccc(S(=O)(=O)Nc2ccc(Cl)cc2C(=O)c2ccccc2)cc1. The summed E-state index contributed by atoms with van der Waals surface area (Å²) in [6, 6.07) is 19.1. The van der Waals surface area contributed by atoms with Crippen molar-refractivity contribution >= 4 is 33.1 Å². The van der Waals surface area contributed by atoms with Gasteiger partial charge in [0.05, 0.1) is 17.2 Å². The zero-order valence-corrected chi connectivity index (χ0v) is 16.6. The van der Waals surface area contributed by atoms with Crippen LogP contribution in [-0.4, -0.2) is 20.8 Å². The summed E-state index contributed by atoms with van der Waals surface area (Å²) in [5.74, 6) is 0.250. The third-order valence-electron chi connectivity index (χ3n) is 3.95. The van der Waals surface area contributed by atoms with Crippen molar-refractivity contribution < 1.29 is 17.9 Å². The lowest BCUT2D eigenvalue weighted by Gasteiger charge is -2.13. The highest BCUT2D eigenvalue weighted by Crippen LogP contribution is 2.26. The number of ketones is 1. The number of hydrogen-bond donors (Lipinski definition) is 1. The van der Waals surface area contributed by atoms with E-state index in [0.717, 1.165) is 0 Å². The molecule has 3 aromatic rings. The molecule has 0 bridgehead atoms. The van der Waals surface area contributed by atoms with Gasteiger partial charge in [-0.25, -0.2) is 8.42 Å². The van der Waals surface area contributed by atoms with E-state index in [-0.39, 0.29) is 21.9 Å². The Morgan fingerprint density at radius 2 is 1.68 bits per heavy atom. The molecular weight excluding hydrogens is 398 g/mol. The molecule has 0 atom stereocenters. The minimum absolute atomic E-state index is 0.0593. The number of carbonyl (C=O) groups is 1. The van der Waals surface area contributed by atoms with Crippen LogP contribution in [0.25, 0.3) is 0 Å². The van der Waals surface area contributed by atoms with Crippen molar-refractivity contribution in [3.63, 3.8) is 0 Å². The molecule has 0 aliphatic rings. The highest BCUT2D eigenvalue weighted by molar-refractivity contribution is 7.92. The molecule has 0 saturated heterocycles. The molecule has 0 amide bonds. The minimum atomic E-state index is -3.90. The zero-order chi connectivity index (χ0) is 20.1. The topological polar surface area (TPSA) is 72.5 Å². The van der Waals surface area contributed by atoms with Crippen LogP contribution < -0.4 is 9.46 Å². The van der Waals surface area contributed by atoms with Crippen molar-refractivity contribution in [2.45, 2.75) is 11.8 Å². The first kappa shape index (κ1) is 19.9. The molecule has 0 aromatic heterocycles. The fraction of sp³-hybridized carbons (Fsp3) is 0.0952. The monoisotopic (exact) mass is 415 g/mol. The lowest BCUT2D eigenvalue weighted by molar-refractivity contribution is 0.103. The van der Waals surface area contributed by atoms with Crippen molar-refractivity contribution in [2.24, 2.45) is 0 Å². The molecule has 0 unspecified atom stereocenters. The van der Waals surface area contributed by atoms with Crippen LogP contribution in [0.1, 0.15) is 22.8 Å². The molecule has 3 aromatic carbocycles. The molecular formula is C21H18ClNO4S. The van der Waals surface area contributed by atoms with Gasteiger partial charge >= 0.3 is 0 Å². The smallest absolute Gasteiger partial charge is 0.261 e. The molecule has 0 spiro atoms.